The first kappa shape index (κ1) is 22.4. The minimum absolute atomic E-state index is 0.0249. The molecule has 172 valence electrons. The monoisotopic (exact) mass is 428 g/mol. The van der Waals surface area contributed by atoms with Crippen LogP contribution in [0.25, 0.3) is 0 Å². The number of esters is 1. The summed E-state index contributed by atoms with van der Waals surface area (Å²) < 4.78 is 5.61. The van der Waals surface area contributed by atoms with Gasteiger partial charge in [-0.25, -0.2) is 0 Å². The Labute approximate surface area is 176 Å². The van der Waals surface area contributed by atoms with Crippen molar-refractivity contribution in [3.63, 3.8) is 0 Å². The number of aliphatic hydroxyl groups excluding tert-OH is 3. The lowest BCUT2D eigenvalue weighted by Crippen LogP contribution is -2.62. The molecule has 11 atom stereocenters. The number of carbonyl (C=O) groups is 1. The Morgan fingerprint density at radius 2 is 1.57 bits per heavy atom. The lowest BCUT2D eigenvalue weighted by molar-refractivity contribution is -0.218. The average Bonchev–Trinajstić information content (AvgIpc) is 2.77. The predicted molar refractivity (Wildman–Crippen MR) is 105 cm³/mol. The zero-order valence-electron chi connectivity index (χ0n) is 18.4. The summed E-state index contributed by atoms with van der Waals surface area (Å²) in [6, 6.07) is 0. The van der Waals surface area contributed by atoms with Gasteiger partial charge in [0, 0.05) is 29.6 Å². The van der Waals surface area contributed by atoms with Crippen LogP contribution in [0.3, 0.4) is 0 Å². The van der Waals surface area contributed by atoms with Crippen molar-refractivity contribution in [1.82, 2.24) is 0 Å². The Morgan fingerprint density at radius 1 is 0.967 bits per heavy atom. The van der Waals surface area contributed by atoms with Crippen LogP contribution in [0.1, 0.15) is 60.3 Å². The molecule has 0 saturated heterocycles. The number of rotatable bonds is 1. The zero-order valence-corrected chi connectivity index (χ0v) is 18.4. The van der Waals surface area contributed by atoms with Crippen LogP contribution in [0.4, 0.5) is 0 Å². The number of carbonyl (C=O) groups excluding carboxylic acids is 1. The van der Waals surface area contributed by atoms with Crippen molar-refractivity contribution in [3.05, 3.63) is 0 Å². The molecule has 0 aromatic heterocycles. The standard InChI is InChI=1S/C22H36O8/c1-10(23)30-13-8-21-9-19(4,27)11(16(21)25)6-7-12(21)20(5,28)15-14(24)17(26)18(2,3)22(13,15)29/h11-17,24-29H,6-9H2,1-5H3/t11-,12+,13-,14-,15+,16+,17+,19-,20-,21+,22-/m1/s1. The van der Waals surface area contributed by atoms with Gasteiger partial charge in [0.15, 0.2) is 0 Å². The van der Waals surface area contributed by atoms with Crippen molar-refractivity contribution >= 4 is 5.97 Å². The lowest BCUT2D eigenvalue weighted by atomic mass is 9.57. The minimum Gasteiger partial charge on any atom is -0.459 e. The van der Waals surface area contributed by atoms with E-state index in [-0.39, 0.29) is 12.8 Å². The van der Waals surface area contributed by atoms with E-state index in [9.17, 15) is 35.4 Å². The highest BCUT2D eigenvalue weighted by Gasteiger charge is 2.79. The van der Waals surface area contributed by atoms with E-state index < -0.39 is 75.8 Å². The first-order chi connectivity index (χ1) is 13.5. The zero-order chi connectivity index (χ0) is 22.7. The highest BCUT2D eigenvalue weighted by molar-refractivity contribution is 5.66. The number of fused-ring (bicyclic) bond motifs is 2. The summed E-state index contributed by atoms with van der Waals surface area (Å²) in [4.78, 5) is 12.0. The summed E-state index contributed by atoms with van der Waals surface area (Å²) in [6.45, 7) is 7.60. The van der Waals surface area contributed by atoms with Crippen molar-refractivity contribution < 1.29 is 40.2 Å². The van der Waals surface area contributed by atoms with Gasteiger partial charge in [-0.2, -0.15) is 0 Å². The molecule has 6 N–H and O–H groups in total. The number of aliphatic hydroxyl groups is 6. The number of ether oxygens (including phenoxy) is 1. The molecule has 2 bridgehead atoms. The Morgan fingerprint density at radius 3 is 2.13 bits per heavy atom. The molecule has 0 amide bonds. The Bertz CT molecular complexity index is 747. The van der Waals surface area contributed by atoms with Gasteiger partial charge in [-0.05, 0) is 45.4 Å². The Hall–Kier alpha value is -0.770. The van der Waals surface area contributed by atoms with Crippen LogP contribution in [0.15, 0.2) is 0 Å². The van der Waals surface area contributed by atoms with Crippen molar-refractivity contribution in [1.29, 1.82) is 0 Å². The van der Waals surface area contributed by atoms with Crippen molar-refractivity contribution in [2.45, 2.75) is 102 Å². The molecular weight excluding hydrogens is 392 g/mol. The summed E-state index contributed by atoms with van der Waals surface area (Å²) >= 11 is 0. The van der Waals surface area contributed by atoms with Gasteiger partial charge in [-0.1, -0.05) is 13.8 Å². The van der Waals surface area contributed by atoms with Crippen LogP contribution >= 0.6 is 0 Å². The first-order valence-electron chi connectivity index (χ1n) is 10.9. The minimum atomic E-state index is -1.95. The highest BCUT2D eigenvalue weighted by atomic mass is 16.6. The fraction of sp³-hybridized carbons (Fsp3) is 0.955. The summed E-state index contributed by atoms with van der Waals surface area (Å²) in [7, 11) is 0. The van der Waals surface area contributed by atoms with Gasteiger partial charge in [-0.15, -0.1) is 0 Å². The quantitative estimate of drug-likeness (QED) is 0.312. The molecule has 0 aliphatic heterocycles. The third-order valence-electron chi connectivity index (χ3n) is 9.53. The third kappa shape index (κ3) is 2.41. The van der Waals surface area contributed by atoms with Crippen LogP contribution in [-0.4, -0.2) is 77.8 Å². The van der Waals surface area contributed by atoms with Crippen molar-refractivity contribution in [2.24, 2.45) is 28.6 Å². The molecule has 4 fully saturated rings. The van der Waals surface area contributed by atoms with E-state index in [1.165, 1.54) is 13.8 Å². The molecule has 8 heteroatoms. The molecule has 0 unspecified atom stereocenters. The molecule has 4 aliphatic carbocycles. The normalized spacial score (nSPS) is 59.2. The van der Waals surface area contributed by atoms with E-state index in [0.717, 1.165) is 0 Å². The van der Waals surface area contributed by atoms with Crippen LogP contribution < -0.4 is 0 Å². The Balaban J connectivity index is 1.96. The van der Waals surface area contributed by atoms with Gasteiger partial charge in [-0.3, -0.25) is 4.79 Å². The summed E-state index contributed by atoms with van der Waals surface area (Å²) in [5, 5.41) is 68.2. The van der Waals surface area contributed by atoms with Gasteiger partial charge in [0.1, 0.15) is 11.7 Å². The molecule has 30 heavy (non-hydrogen) atoms. The fourth-order valence-corrected chi connectivity index (χ4v) is 8.25. The molecule has 4 aliphatic rings. The lowest BCUT2D eigenvalue weighted by Gasteiger charge is -2.51. The van der Waals surface area contributed by atoms with E-state index in [1.807, 2.05) is 0 Å². The maximum absolute atomic E-state index is 12.1. The van der Waals surface area contributed by atoms with E-state index in [4.69, 9.17) is 4.74 Å². The molecule has 0 aromatic rings. The SMILES string of the molecule is CC(=O)O[C@@H]1C[C@]23C[C@@](C)(O)[C@H](CC[C@H]2[C@@](C)(O)[C@@H]2[C@@H](O)[C@H](O)C(C)(C)[C@@]12O)[C@@H]3O. The second-order valence-electron chi connectivity index (χ2n) is 11.4. The Kier molecular flexibility index (Phi) is 4.61. The second kappa shape index (κ2) is 6.17. The summed E-state index contributed by atoms with van der Waals surface area (Å²) in [5.74, 6) is -2.81. The van der Waals surface area contributed by atoms with E-state index >= 15 is 0 Å². The topological polar surface area (TPSA) is 148 Å². The summed E-state index contributed by atoms with van der Waals surface area (Å²) in [6.07, 6.45) is -3.76. The maximum atomic E-state index is 12.1. The van der Waals surface area contributed by atoms with Crippen LogP contribution in [-0.2, 0) is 9.53 Å². The molecule has 4 rings (SSSR count). The van der Waals surface area contributed by atoms with Crippen LogP contribution in [0.5, 0.6) is 0 Å². The molecule has 0 aromatic carbocycles. The number of hydrogen-bond donors (Lipinski definition) is 6. The largest absolute Gasteiger partial charge is 0.459 e. The fourth-order valence-electron chi connectivity index (χ4n) is 8.25. The van der Waals surface area contributed by atoms with Crippen LogP contribution in [0, 0.1) is 28.6 Å². The van der Waals surface area contributed by atoms with E-state index in [0.29, 0.717) is 12.8 Å². The second-order valence-corrected chi connectivity index (χ2v) is 11.4. The smallest absolute Gasteiger partial charge is 0.303 e. The molecule has 1 spiro atoms. The molecule has 8 nitrogen and oxygen atoms in total. The highest BCUT2D eigenvalue weighted by Crippen LogP contribution is 2.70. The molecule has 0 heterocycles. The first-order valence-corrected chi connectivity index (χ1v) is 10.9. The van der Waals surface area contributed by atoms with Crippen molar-refractivity contribution in [2.75, 3.05) is 0 Å². The van der Waals surface area contributed by atoms with Crippen LogP contribution in [0.2, 0.25) is 0 Å². The predicted octanol–water partition coefficient (Wildman–Crippen LogP) is -0.290. The molecule has 0 radical (unpaired) electrons. The van der Waals surface area contributed by atoms with Gasteiger partial charge in [0.2, 0.25) is 0 Å². The van der Waals surface area contributed by atoms with E-state index in [2.05, 4.69) is 0 Å². The van der Waals surface area contributed by atoms with Gasteiger partial charge < -0.3 is 35.4 Å². The summed E-state index contributed by atoms with van der Waals surface area (Å²) in [5.41, 5.74) is -7.12. The third-order valence-corrected chi connectivity index (χ3v) is 9.53. The van der Waals surface area contributed by atoms with E-state index in [1.54, 1.807) is 20.8 Å². The van der Waals surface area contributed by atoms with Gasteiger partial charge in [0.25, 0.3) is 0 Å². The number of hydrogen-bond acceptors (Lipinski definition) is 8. The van der Waals surface area contributed by atoms with Crippen molar-refractivity contribution in [3.8, 4) is 0 Å². The van der Waals surface area contributed by atoms with Gasteiger partial charge in [0.05, 0.1) is 29.5 Å². The van der Waals surface area contributed by atoms with Gasteiger partial charge >= 0.3 is 5.97 Å². The average molecular weight is 429 g/mol. The molecule has 4 saturated carbocycles. The maximum Gasteiger partial charge on any atom is 0.303 e. The molecular formula is C22H36O8.